The van der Waals surface area contributed by atoms with Crippen molar-refractivity contribution in [3.63, 3.8) is 0 Å². The van der Waals surface area contributed by atoms with Gasteiger partial charge in [-0.05, 0) is 18.1 Å². The molecule has 1 saturated heterocycles. The monoisotopic (exact) mass is 372 g/mol. The Balaban J connectivity index is 1.58. The molecule has 1 atom stereocenters. The maximum Gasteiger partial charge on any atom is 0.326 e. The number of piperazine rings is 1. The minimum atomic E-state index is -1.05. The predicted octanol–water partition coefficient (Wildman–Crippen LogP) is 1.74. The number of fused-ring (bicyclic) bond motifs is 1. The summed E-state index contributed by atoms with van der Waals surface area (Å²) in [6.45, 7) is 5.03. The molecule has 1 fully saturated rings. The summed E-state index contributed by atoms with van der Waals surface area (Å²) in [5, 5.41) is 12.7. The standard InChI is InChI=1S/C19H24N4O4/c1-12(2)16(18(25)26)21-19(27)23-9-7-22(8-10-23)17(24)15-11-13-5-3-4-6-14(13)20-15/h3-6,11-12,16,20H,7-10H2,1-2H3,(H,21,27)(H,25,26)/t16-/m0/s1. The second-order valence-corrected chi connectivity index (χ2v) is 7.06. The van der Waals surface area contributed by atoms with Crippen LogP contribution in [0.2, 0.25) is 0 Å². The number of amides is 3. The van der Waals surface area contributed by atoms with E-state index in [4.69, 9.17) is 0 Å². The SMILES string of the molecule is CC(C)[C@H](NC(=O)N1CCN(C(=O)c2cc3ccccc3[nH]2)CC1)C(=O)O. The van der Waals surface area contributed by atoms with Crippen molar-refractivity contribution in [1.29, 1.82) is 0 Å². The molecule has 1 aromatic heterocycles. The van der Waals surface area contributed by atoms with Crippen molar-refractivity contribution in [2.24, 2.45) is 5.92 Å². The third-order valence-electron chi connectivity index (χ3n) is 4.83. The van der Waals surface area contributed by atoms with E-state index in [1.54, 1.807) is 23.6 Å². The van der Waals surface area contributed by atoms with Crippen LogP contribution in [-0.4, -0.2) is 70.0 Å². The molecule has 0 aliphatic carbocycles. The lowest BCUT2D eigenvalue weighted by Crippen LogP contribution is -2.56. The lowest BCUT2D eigenvalue weighted by Gasteiger charge is -2.35. The van der Waals surface area contributed by atoms with Crippen molar-refractivity contribution < 1.29 is 19.5 Å². The Hall–Kier alpha value is -3.03. The minimum Gasteiger partial charge on any atom is -0.480 e. The highest BCUT2D eigenvalue weighted by atomic mass is 16.4. The largest absolute Gasteiger partial charge is 0.480 e. The number of urea groups is 1. The first-order chi connectivity index (χ1) is 12.9. The normalized spacial score (nSPS) is 15.8. The van der Waals surface area contributed by atoms with Gasteiger partial charge >= 0.3 is 12.0 Å². The molecule has 3 rings (SSSR count). The van der Waals surface area contributed by atoms with Crippen molar-refractivity contribution in [3.8, 4) is 0 Å². The van der Waals surface area contributed by atoms with Crippen LogP contribution in [0.3, 0.4) is 0 Å². The van der Waals surface area contributed by atoms with Crippen molar-refractivity contribution in [2.45, 2.75) is 19.9 Å². The number of benzene rings is 1. The van der Waals surface area contributed by atoms with E-state index in [2.05, 4.69) is 10.3 Å². The van der Waals surface area contributed by atoms with Crippen LogP contribution in [0.25, 0.3) is 10.9 Å². The van der Waals surface area contributed by atoms with Crippen molar-refractivity contribution in [1.82, 2.24) is 20.1 Å². The number of aromatic amines is 1. The van der Waals surface area contributed by atoms with Crippen LogP contribution in [-0.2, 0) is 4.79 Å². The summed E-state index contributed by atoms with van der Waals surface area (Å²) in [6, 6.07) is 8.18. The van der Waals surface area contributed by atoms with Gasteiger partial charge in [0.2, 0.25) is 0 Å². The highest BCUT2D eigenvalue weighted by Crippen LogP contribution is 2.17. The molecule has 1 aromatic carbocycles. The smallest absolute Gasteiger partial charge is 0.326 e. The summed E-state index contributed by atoms with van der Waals surface area (Å²) in [7, 11) is 0. The van der Waals surface area contributed by atoms with E-state index in [1.165, 1.54) is 0 Å². The van der Waals surface area contributed by atoms with E-state index >= 15 is 0 Å². The number of carboxylic acids is 1. The molecule has 8 nitrogen and oxygen atoms in total. The highest BCUT2D eigenvalue weighted by Gasteiger charge is 2.29. The van der Waals surface area contributed by atoms with E-state index < -0.39 is 18.0 Å². The molecule has 0 spiro atoms. The molecule has 0 unspecified atom stereocenters. The van der Waals surface area contributed by atoms with E-state index in [-0.39, 0.29) is 11.8 Å². The average Bonchev–Trinajstić information content (AvgIpc) is 3.09. The van der Waals surface area contributed by atoms with Gasteiger partial charge in [-0.25, -0.2) is 9.59 Å². The predicted molar refractivity (Wildman–Crippen MR) is 101 cm³/mol. The summed E-state index contributed by atoms with van der Waals surface area (Å²) in [6.07, 6.45) is 0. The molecule has 8 heteroatoms. The molecule has 144 valence electrons. The van der Waals surface area contributed by atoms with Gasteiger partial charge in [-0.15, -0.1) is 0 Å². The average molecular weight is 372 g/mol. The molecule has 3 amide bonds. The second kappa shape index (κ2) is 7.69. The molecule has 0 radical (unpaired) electrons. The fourth-order valence-corrected chi connectivity index (χ4v) is 3.21. The van der Waals surface area contributed by atoms with Gasteiger partial charge in [0.15, 0.2) is 0 Å². The number of nitrogens with zero attached hydrogens (tertiary/aromatic N) is 2. The summed E-state index contributed by atoms with van der Waals surface area (Å²) >= 11 is 0. The van der Waals surface area contributed by atoms with Crippen LogP contribution in [0.15, 0.2) is 30.3 Å². The maximum atomic E-state index is 12.7. The molecule has 2 heterocycles. The Morgan fingerprint density at radius 3 is 2.30 bits per heavy atom. The molecule has 2 aromatic rings. The molecule has 1 aliphatic rings. The summed E-state index contributed by atoms with van der Waals surface area (Å²) < 4.78 is 0. The maximum absolute atomic E-state index is 12.7. The fourth-order valence-electron chi connectivity index (χ4n) is 3.21. The number of hydrogen-bond donors (Lipinski definition) is 3. The number of H-pyrrole nitrogens is 1. The Morgan fingerprint density at radius 1 is 1.07 bits per heavy atom. The van der Waals surface area contributed by atoms with Gasteiger partial charge in [-0.2, -0.15) is 0 Å². The van der Waals surface area contributed by atoms with Crippen LogP contribution in [0.1, 0.15) is 24.3 Å². The van der Waals surface area contributed by atoms with Crippen LogP contribution in [0.4, 0.5) is 4.79 Å². The highest BCUT2D eigenvalue weighted by molar-refractivity contribution is 5.98. The molecule has 3 N–H and O–H groups in total. The number of aromatic nitrogens is 1. The van der Waals surface area contributed by atoms with Crippen molar-refractivity contribution >= 4 is 28.8 Å². The molecular formula is C19H24N4O4. The topological polar surface area (TPSA) is 106 Å². The zero-order valence-electron chi connectivity index (χ0n) is 15.4. The van der Waals surface area contributed by atoms with Crippen LogP contribution in [0.5, 0.6) is 0 Å². The van der Waals surface area contributed by atoms with Gasteiger partial charge in [0, 0.05) is 37.1 Å². The zero-order valence-corrected chi connectivity index (χ0v) is 15.4. The Morgan fingerprint density at radius 2 is 1.70 bits per heavy atom. The first kappa shape index (κ1) is 18.8. The van der Waals surface area contributed by atoms with Gasteiger partial charge in [-0.3, -0.25) is 4.79 Å². The molecule has 0 bridgehead atoms. The number of aliphatic carboxylic acids is 1. The number of hydrogen-bond acceptors (Lipinski definition) is 3. The zero-order chi connectivity index (χ0) is 19.6. The van der Waals surface area contributed by atoms with Crippen molar-refractivity contribution in [3.05, 3.63) is 36.0 Å². The first-order valence-corrected chi connectivity index (χ1v) is 9.02. The lowest BCUT2D eigenvalue weighted by molar-refractivity contribution is -0.140. The number of carbonyl (C=O) groups excluding carboxylic acids is 2. The Bertz CT molecular complexity index is 819. The summed E-state index contributed by atoms with van der Waals surface area (Å²) in [5.41, 5.74) is 1.44. The summed E-state index contributed by atoms with van der Waals surface area (Å²) in [5.74, 6) is -1.36. The number of para-hydroxylation sites is 1. The van der Waals surface area contributed by atoms with E-state index in [9.17, 15) is 19.5 Å². The summed E-state index contributed by atoms with van der Waals surface area (Å²) in [4.78, 5) is 42.6. The number of carboxylic acid groups (broad SMARTS) is 1. The van der Waals surface area contributed by atoms with Crippen LogP contribution < -0.4 is 5.32 Å². The third-order valence-corrected chi connectivity index (χ3v) is 4.83. The molecule has 0 saturated carbocycles. The Kier molecular flexibility index (Phi) is 5.34. The molecular weight excluding hydrogens is 348 g/mol. The van der Waals surface area contributed by atoms with Gasteiger partial charge < -0.3 is 25.2 Å². The number of carbonyl (C=O) groups is 3. The van der Waals surface area contributed by atoms with Crippen LogP contribution in [0, 0.1) is 5.92 Å². The fraction of sp³-hybridized carbons (Fsp3) is 0.421. The van der Waals surface area contributed by atoms with Gasteiger partial charge in [0.05, 0.1) is 0 Å². The number of rotatable bonds is 4. The van der Waals surface area contributed by atoms with Gasteiger partial charge in [0.1, 0.15) is 11.7 Å². The lowest BCUT2D eigenvalue weighted by atomic mass is 10.1. The number of nitrogens with one attached hydrogen (secondary N) is 2. The second-order valence-electron chi connectivity index (χ2n) is 7.06. The van der Waals surface area contributed by atoms with E-state index in [0.29, 0.717) is 31.9 Å². The van der Waals surface area contributed by atoms with Gasteiger partial charge in [-0.1, -0.05) is 32.0 Å². The first-order valence-electron chi connectivity index (χ1n) is 9.02. The van der Waals surface area contributed by atoms with Gasteiger partial charge in [0.25, 0.3) is 5.91 Å². The van der Waals surface area contributed by atoms with Crippen LogP contribution >= 0.6 is 0 Å². The molecule has 27 heavy (non-hydrogen) atoms. The Labute approximate surface area is 157 Å². The molecule has 1 aliphatic heterocycles. The van der Waals surface area contributed by atoms with E-state index in [1.807, 2.05) is 30.3 Å². The minimum absolute atomic E-state index is 0.100. The third kappa shape index (κ3) is 4.05. The van der Waals surface area contributed by atoms with E-state index in [0.717, 1.165) is 10.9 Å². The van der Waals surface area contributed by atoms with Crippen molar-refractivity contribution in [2.75, 3.05) is 26.2 Å². The quantitative estimate of drug-likeness (QED) is 0.760.